The van der Waals surface area contributed by atoms with Crippen LogP contribution in [0.25, 0.3) is 0 Å². The number of aryl methyl sites for hydroxylation is 2. The third-order valence-electron chi connectivity index (χ3n) is 3.86. The van der Waals surface area contributed by atoms with Gasteiger partial charge in [0.25, 0.3) is 5.91 Å². The van der Waals surface area contributed by atoms with E-state index in [1.807, 2.05) is 24.8 Å². The van der Waals surface area contributed by atoms with E-state index in [0.29, 0.717) is 45.0 Å². The van der Waals surface area contributed by atoms with Crippen molar-refractivity contribution in [3.8, 4) is 0 Å². The van der Waals surface area contributed by atoms with E-state index in [4.69, 9.17) is 0 Å². The van der Waals surface area contributed by atoms with Gasteiger partial charge in [0.05, 0.1) is 11.4 Å². The minimum atomic E-state index is -2.94. The fraction of sp³-hybridized carbons (Fsp3) is 0.714. The van der Waals surface area contributed by atoms with Gasteiger partial charge >= 0.3 is 0 Å². The average Bonchev–Trinajstić information content (AvgIpc) is 2.85. The Hall–Kier alpha value is -1.41. The molecule has 0 unspecified atom stereocenters. The molecule has 124 valence electrons. The normalized spacial score (nSPS) is 17.0. The molecule has 1 aliphatic rings. The molecule has 1 amide bonds. The monoisotopic (exact) mass is 328 g/mol. The molecule has 1 fully saturated rings. The standard InChI is InChI=1S/C14H24N4O3S/c1-4-18-13(11-12(2)15-18)14(19)17-7-5-16(6-8-17)9-10-22(3,20)21/h11H,4-10H2,1-3H3. The lowest BCUT2D eigenvalue weighted by Gasteiger charge is -2.34. The highest BCUT2D eigenvalue weighted by Gasteiger charge is 2.25. The summed E-state index contributed by atoms with van der Waals surface area (Å²) in [6.07, 6.45) is 1.25. The number of hydrogen-bond donors (Lipinski definition) is 0. The molecule has 8 heteroatoms. The third kappa shape index (κ3) is 4.30. The minimum Gasteiger partial charge on any atom is -0.335 e. The Labute approximate surface area is 131 Å². The summed E-state index contributed by atoms with van der Waals surface area (Å²) in [6.45, 7) is 7.71. The number of sulfone groups is 1. The van der Waals surface area contributed by atoms with Gasteiger partial charge in [-0.25, -0.2) is 8.42 Å². The van der Waals surface area contributed by atoms with Crippen LogP contribution < -0.4 is 0 Å². The fourth-order valence-electron chi connectivity index (χ4n) is 2.59. The van der Waals surface area contributed by atoms with Crippen molar-refractivity contribution in [2.75, 3.05) is 44.7 Å². The lowest BCUT2D eigenvalue weighted by atomic mass is 10.2. The van der Waals surface area contributed by atoms with E-state index in [-0.39, 0.29) is 11.7 Å². The molecule has 0 atom stereocenters. The van der Waals surface area contributed by atoms with Gasteiger partial charge in [0.1, 0.15) is 15.5 Å². The van der Waals surface area contributed by atoms with E-state index in [9.17, 15) is 13.2 Å². The van der Waals surface area contributed by atoms with Crippen LogP contribution in [0.1, 0.15) is 23.1 Å². The first-order valence-electron chi connectivity index (χ1n) is 7.54. The summed E-state index contributed by atoms with van der Waals surface area (Å²) >= 11 is 0. The number of piperazine rings is 1. The molecule has 0 bridgehead atoms. The summed E-state index contributed by atoms with van der Waals surface area (Å²) in [5.41, 5.74) is 1.47. The highest BCUT2D eigenvalue weighted by molar-refractivity contribution is 7.90. The number of amides is 1. The minimum absolute atomic E-state index is 0.00483. The van der Waals surface area contributed by atoms with Gasteiger partial charge in [-0.2, -0.15) is 5.10 Å². The number of hydrogen-bond acceptors (Lipinski definition) is 5. The lowest BCUT2D eigenvalue weighted by Crippen LogP contribution is -2.50. The topological polar surface area (TPSA) is 75.5 Å². The first-order chi connectivity index (χ1) is 10.3. The first kappa shape index (κ1) is 17.0. The maximum Gasteiger partial charge on any atom is 0.272 e. The Morgan fingerprint density at radius 3 is 2.45 bits per heavy atom. The van der Waals surface area contributed by atoms with Gasteiger partial charge in [-0.1, -0.05) is 0 Å². The van der Waals surface area contributed by atoms with Gasteiger partial charge in [-0.15, -0.1) is 0 Å². The highest BCUT2D eigenvalue weighted by atomic mass is 32.2. The molecule has 1 aromatic heterocycles. The number of carbonyl (C=O) groups is 1. The van der Waals surface area contributed by atoms with Crippen molar-refractivity contribution in [2.24, 2.45) is 0 Å². The van der Waals surface area contributed by atoms with E-state index < -0.39 is 9.84 Å². The Kier molecular flexibility index (Phi) is 5.23. The van der Waals surface area contributed by atoms with Crippen molar-refractivity contribution >= 4 is 15.7 Å². The second-order valence-electron chi connectivity index (χ2n) is 5.75. The van der Waals surface area contributed by atoms with Gasteiger partial charge in [0.2, 0.25) is 0 Å². The van der Waals surface area contributed by atoms with Crippen LogP contribution in [0.2, 0.25) is 0 Å². The molecule has 0 aromatic carbocycles. The van der Waals surface area contributed by atoms with E-state index in [0.717, 1.165) is 5.69 Å². The Bertz CT molecular complexity index is 631. The summed E-state index contributed by atoms with van der Waals surface area (Å²) in [4.78, 5) is 16.5. The lowest BCUT2D eigenvalue weighted by molar-refractivity contribution is 0.0632. The molecule has 0 N–H and O–H groups in total. The van der Waals surface area contributed by atoms with Gasteiger partial charge in [0.15, 0.2) is 0 Å². The smallest absolute Gasteiger partial charge is 0.272 e. The summed E-state index contributed by atoms with van der Waals surface area (Å²) in [6, 6.07) is 1.82. The number of carbonyl (C=O) groups excluding carboxylic acids is 1. The zero-order valence-electron chi connectivity index (χ0n) is 13.4. The molecule has 1 aromatic rings. The van der Waals surface area contributed by atoms with Crippen molar-refractivity contribution < 1.29 is 13.2 Å². The first-order valence-corrected chi connectivity index (χ1v) is 9.60. The molecular formula is C14H24N4O3S. The predicted molar refractivity (Wildman–Crippen MR) is 84.7 cm³/mol. The molecule has 2 rings (SSSR count). The van der Waals surface area contributed by atoms with Crippen LogP contribution in [0.15, 0.2) is 6.07 Å². The van der Waals surface area contributed by atoms with Crippen molar-refractivity contribution in [1.82, 2.24) is 19.6 Å². The second kappa shape index (κ2) is 6.78. The average molecular weight is 328 g/mol. The van der Waals surface area contributed by atoms with Gasteiger partial charge < -0.3 is 4.90 Å². The van der Waals surface area contributed by atoms with Gasteiger partial charge in [-0.05, 0) is 19.9 Å². The van der Waals surface area contributed by atoms with Crippen molar-refractivity contribution in [3.63, 3.8) is 0 Å². The quantitative estimate of drug-likeness (QED) is 0.761. The van der Waals surface area contributed by atoms with E-state index >= 15 is 0 Å². The SMILES string of the molecule is CCn1nc(C)cc1C(=O)N1CCN(CCS(C)(=O)=O)CC1. The van der Waals surface area contributed by atoms with Crippen LogP contribution in [0.3, 0.4) is 0 Å². The highest BCUT2D eigenvalue weighted by Crippen LogP contribution is 2.11. The summed E-state index contributed by atoms with van der Waals surface area (Å²) in [5, 5.41) is 4.31. The van der Waals surface area contributed by atoms with Crippen molar-refractivity contribution in [2.45, 2.75) is 20.4 Å². The second-order valence-corrected chi connectivity index (χ2v) is 8.01. The molecule has 0 aliphatic carbocycles. The van der Waals surface area contributed by atoms with Crippen LogP contribution in [-0.4, -0.2) is 78.6 Å². The van der Waals surface area contributed by atoms with E-state index in [1.54, 1.807) is 4.68 Å². The van der Waals surface area contributed by atoms with Gasteiger partial charge in [-0.3, -0.25) is 14.4 Å². The summed E-state index contributed by atoms with van der Waals surface area (Å²) in [5.74, 6) is 0.174. The largest absolute Gasteiger partial charge is 0.335 e. The van der Waals surface area contributed by atoms with Gasteiger partial charge in [0, 0.05) is 45.5 Å². The maximum atomic E-state index is 12.6. The fourth-order valence-corrected chi connectivity index (χ4v) is 3.18. The summed E-state index contributed by atoms with van der Waals surface area (Å²) in [7, 11) is -2.94. The Morgan fingerprint density at radius 2 is 1.91 bits per heavy atom. The molecule has 0 saturated carbocycles. The molecule has 22 heavy (non-hydrogen) atoms. The number of nitrogens with zero attached hydrogens (tertiary/aromatic N) is 4. The third-order valence-corrected chi connectivity index (χ3v) is 4.78. The van der Waals surface area contributed by atoms with Crippen LogP contribution in [0, 0.1) is 6.92 Å². The molecule has 2 heterocycles. The van der Waals surface area contributed by atoms with Crippen LogP contribution in [-0.2, 0) is 16.4 Å². The zero-order valence-corrected chi connectivity index (χ0v) is 14.3. The Balaban J connectivity index is 1.92. The molecular weight excluding hydrogens is 304 g/mol. The molecule has 0 radical (unpaired) electrons. The molecule has 7 nitrogen and oxygen atoms in total. The van der Waals surface area contributed by atoms with Crippen LogP contribution in [0.5, 0.6) is 0 Å². The number of aromatic nitrogens is 2. The predicted octanol–water partition coefficient (Wildman–Crippen LogP) is 0.0138. The zero-order chi connectivity index (χ0) is 16.3. The van der Waals surface area contributed by atoms with E-state index in [2.05, 4.69) is 10.00 Å². The number of rotatable bonds is 5. The molecule has 1 aliphatic heterocycles. The van der Waals surface area contributed by atoms with Crippen LogP contribution in [0.4, 0.5) is 0 Å². The molecule has 0 spiro atoms. The van der Waals surface area contributed by atoms with Crippen molar-refractivity contribution in [3.05, 3.63) is 17.5 Å². The van der Waals surface area contributed by atoms with E-state index in [1.165, 1.54) is 6.26 Å². The van der Waals surface area contributed by atoms with Crippen LogP contribution >= 0.6 is 0 Å². The maximum absolute atomic E-state index is 12.6. The van der Waals surface area contributed by atoms with Crippen molar-refractivity contribution in [1.29, 1.82) is 0 Å². The molecule has 1 saturated heterocycles. The Morgan fingerprint density at radius 1 is 1.27 bits per heavy atom. The summed E-state index contributed by atoms with van der Waals surface area (Å²) < 4.78 is 24.1.